The molecule has 2 aromatic carbocycles. The van der Waals surface area contributed by atoms with Crippen LogP contribution < -0.4 is 20.3 Å². The number of halogens is 2. The van der Waals surface area contributed by atoms with Gasteiger partial charge in [0.25, 0.3) is 0 Å². The van der Waals surface area contributed by atoms with Crippen LogP contribution in [0.4, 0.5) is 11.4 Å². The zero-order valence-corrected chi connectivity index (χ0v) is 24.7. The Morgan fingerprint density at radius 3 is 2.55 bits per heavy atom. The second-order valence-corrected chi connectivity index (χ2v) is 11.6. The topological polar surface area (TPSA) is 79.6 Å². The van der Waals surface area contributed by atoms with Gasteiger partial charge >= 0.3 is 0 Å². The predicted molar refractivity (Wildman–Crippen MR) is 163 cm³/mol. The molecule has 1 amide bonds. The molecule has 1 fully saturated rings. The van der Waals surface area contributed by atoms with E-state index in [0.29, 0.717) is 38.1 Å². The van der Waals surface area contributed by atoms with E-state index in [1.54, 1.807) is 25.4 Å². The van der Waals surface area contributed by atoms with E-state index < -0.39 is 5.41 Å². The second kappa shape index (κ2) is 11.1. The van der Waals surface area contributed by atoms with Gasteiger partial charge in [-0.1, -0.05) is 50.0 Å². The minimum atomic E-state index is -0.559. The highest BCUT2D eigenvalue weighted by Crippen LogP contribution is 2.44. The maximum Gasteiger partial charge on any atom is 0.229 e. The van der Waals surface area contributed by atoms with E-state index in [1.165, 1.54) is 0 Å². The van der Waals surface area contributed by atoms with Crippen molar-refractivity contribution < 1.29 is 13.9 Å². The van der Waals surface area contributed by atoms with Gasteiger partial charge < -0.3 is 24.7 Å². The molecule has 1 aliphatic rings. The number of hydrogen-bond acceptors (Lipinski definition) is 5. The van der Waals surface area contributed by atoms with Gasteiger partial charge in [0.2, 0.25) is 5.91 Å². The van der Waals surface area contributed by atoms with Gasteiger partial charge in [-0.25, -0.2) is 0 Å². The number of amides is 1. The first-order valence-electron chi connectivity index (χ1n) is 12.6. The fraction of sp³-hybridized carbons (Fsp3) is 0.233. The van der Waals surface area contributed by atoms with Crippen LogP contribution in [0.3, 0.4) is 0 Å². The molecule has 40 heavy (non-hydrogen) atoms. The number of aromatic nitrogens is 1. The van der Waals surface area contributed by atoms with Gasteiger partial charge in [0.1, 0.15) is 23.3 Å². The second-order valence-electron chi connectivity index (χ2n) is 10.4. The Kier molecular flexibility index (Phi) is 7.77. The summed E-state index contributed by atoms with van der Waals surface area (Å²) in [6, 6.07) is 19.8. The first-order chi connectivity index (χ1) is 19.1. The number of hydrogen-bond donors (Lipinski definition) is 2. The minimum Gasteiger partial charge on any atom is -0.494 e. The van der Waals surface area contributed by atoms with Gasteiger partial charge in [-0.2, -0.15) is 0 Å². The van der Waals surface area contributed by atoms with Gasteiger partial charge in [-0.15, -0.1) is 0 Å². The fourth-order valence-electron chi connectivity index (χ4n) is 4.48. The number of carbonyl (C=O) groups is 1. The summed E-state index contributed by atoms with van der Waals surface area (Å²) in [7, 11) is 1.57. The lowest BCUT2D eigenvalue weighted by Gasteiger charge is -2.27. The third kappa shape index (κ3) is 5.52. The Hall–Kier alpha value is -3.59. The Balaban J connectivity index is 1.56. The molecule has 10 heteroatoms. The average molecular weight is 596 g/mol. The van der Waals surface area contributed by atoms with Crippen molar-refractivity contribution in [3.8, 4) is 17.1 Å². The molecule has 206 valence electrons. The molecule has 1 aliphatic heterocycles. The number of nitrogens with zero attached hydrogens (tertiary/aromatic N) is 2. The molecular weight excluding hydrogens is 567 g/mol. The van der Waals surface area contributed by atoms with Gasteiger partial charge in [-0.3, -0.25) is 9.78 Å². The summed E-state index contributed by atoms with van der Waals surface area (Å²) in [5.74, 6) is 1.71. The predicted octanol–water partition coefficient (Wildman–Crippen LogP) is 7.82. The van der Waals surface area contributed by atoms with Gasteiger partial charge in [0, 0.05) is 28.9 Å². The number of ether oxygens (including phenoxy) is 1. The number of thiocarbonyl (C=S) groups is 1. The van der Waals surface area contributed by atoms with Crippen LogP contribution in [0, 0.1) is 5.41 Å². The largest absolute Gasteiger partial charge is 0.494 e. The normalized spacial score (nSPS) is 17.1. The van der Waals surface area contributed by atoms with Crippen LogP contribution >= 0.6 is 35.4 Å². The summed E-state index contributed by atoms with van der Waals surface area (Å²) >= 11 is 18.2. The highest BCUT2D eigenvalue weighted by atomic mass is 35.5. The van der Waals surface area contributed by atoms with Crippen LogP contribution in [-0.2, 0) is 4.79 Å². The van der Waals surface area contributed by atoms with Gasteiger partial charge in [0.15, 0.2) is 5.11 Å². The third-order valence-corrected chi connectivity index (χ3v) is 7.67. The van der Waals surface area contributed by atoms with Crippen molar-refractivity contribution in [1.29, 1.82) is 0 Å². The minimum absolute atomic E-state index is 0.115. The number of anilines is 2. The lowest BCUT2D eigenvalue weighted by Crippen LogP contribution is -2.30. The molecule has 0 spiro atoms. The summed E-state index contributed by atoms with van der Waals surface area (Å²) in [4.78, 5) is 19.2. The van der Waals surface area contributed by atoms with Crippen LogP contribution in [0.5, 0.6) is 5.75 Å². The molecule has 1 saturated heterocycles. The Morgan fingerprint density at radius 2 is 1.88 bits per heavy atom. The monoisotopic (exact) mass is 594 g/mol. The number of pyridine rings is 1. The van der Waals surface area contributed by atoms with Crippen molar-refractivity contribution in [2.24, 2.45) is 5.41 Å². The van der Waals surface area contributed by atoms with Crippen molar-refractivity contribution in [2.75, 3.05) is 17.3 Å². The zero-order chi connectivity index (χ0) is 28.6. The van der Waals surface area contributed by atoms with Gasteiger partial charge in [0.05, 0.1) is 34.6 Å². The molecule has 5 rings (SSSR count). The fourth-order valence-corrected chi connectivity index (χ4v) is 5.13. The van der Waals surface area contributed by atoms with Crippen LogP contribution in [0.1, 0.15) is 44.3 Å². The number of rotatable bonds is 6. The summed E-state index contributed by atoms with van der Waals surface area (Å²) in [6.45, 7) is 5.57. The molecule has 0 bridgehead atoms. The molecule has 0 saturated carbocycles. The molecule has 2 aromatic heterocycles. The summed E-state index contributed by atoms with van der Waals surface area (Å²) in [5, 5.41) is 7.80. The highest BCUT2D eigenvalue weighted by molar-refractivity contribution is 7.80. The molecule has 3 heterocycles. The molecule has 0 aliphatic carbocycles. The summed E-state index contributed by atoms with van der Waals surface area (Å²) in [5.41, 5.74) is 2.39. The molecule has 0 radical (unpaired) electrons. The van der Waals surface area contributed by atoms with Crippen molar-refractivity contribution in [1.82, 2.24) is 10.3 Å². The Labute approximate surface area is 248 Å². The molecule has 2 atom stereocenters. The lowest BCUT2D eigenvalue weighted by atomic mass is 9.95. The number of methoxy groups -OCH3 is 1. The van der Waals surface area contributed by atoms with E-state index in [-0.39, 0.29) is 18.0 Å². The van der Waals surface area contributed by atoms with Crippen LogP contribution in [0.25, 0.3) is 11.3 Å². The molecular formula is C30H28Cl2N4O3S. The standard InChI is InChI=1S/C30H28Cl2N4O3S/c1-30(2,3)28(37)34-21-11-9-18(16-25(21)38-4)36-27(26(35-29(36)40)22-7-5-6-14-33-22)24-13-12-23(39-24)17-8-10-19(31)20(32)15-17/h5-16,26-27H,1-4H3,(H,34,37)(H,35,40). The van der Waals surface area contributed by atoms with E-state index in [9.17, 15) is 4.79 Å². The van der Waals surface area contributed by atoms with Crippen molar-refractivity contribution in [3.05, 3.63) is 94.4 Å². The lowest BCUT2D eigenvalue weighted by molar-refractivity contribution is -0.123. The van der Waals surface area contributed by atoms with E-state index in [1.807, 2.05) is 80.3 Å². The number of carbonyl (C=O) groups excluding carboxylic acids is 1. The van der Waals surface area contributed by atoms with Crippen LogP contribution in [-0.4, -0.2) is 23.1 Å². The maximum atomic E-state index is 12.6. The maximum absolute atomic E-state index is 12.6. The smallest absolute Gasteiger partial charge is 0.229 e. The average Bonchev–Trinajstić information content (AvgIpc) is 3.55. The number of nitrogens with one attached hydrogen (secondary N) is 2. The summed E-state index contributed by atoms with van der Waals surface area (Å²) < 4.78 is 12.1. The van der Waals surface area contributed by atoms with Gasteiger partial charge in [-0.05, 0) is 66.8 Å². The van der Waals surface area contributed by atoms with Crippen LogP contribution in [0.2, 0.25) is 10.0 Å². The van der Waals surface area contributed by atoms with E-state index in [2.05, 4.69) is 15.6 Å². The van der Waals surface area contributed by atoms with Crippen molar-refractivity contribution in [3.63, 3.8) is 0 Å². The molecule has 2 unspecified atom stereocenters. The Bertz CT molecular complexity index is 1570. The zero-order valence-electron chi connectivity index (χ0n) is 22.4. The molecule has 7 nitrogen and oxygen atoms in total. The van der Waals surface area contributed by atoms with E-state index in [0.717, 1.165) is 16.9 Å². The Morgan fingerprint density at radius 1 is 1.07 bits per heavy atom. The quantitative estimate of drug-likeness (QED) is 0.220. The van der Waals surface area contributed by atoms with Crippen LogP contribution in [0.15, 0.2) is 77.3 Å². The third-order valence-electron chi connectivity index (χ3n) is 6.61. The van der Waals surface area contributed by atoms with Crippen molar-refractivity contribution in [2.45, 2.75) is 32.9 Å². The first kappa shape index (κ1) is 28.0. The molecule has 4 aromatic rings. The van der Waals surface area contributed by atoms with E-state index in [4.69, 9.17) is 44.6 Å². The van der Waals surface area contributed by atoms with Crippen molar-refractivity contribution >= 4 is 57.8 Å². The van der Waals surface area contributed by atoms with E-state index >= 15 is 0 Å². The molecule has 2 N–H and O–H groups in total. The first-order valence-corrected chi connectivity index (χ1v) is 13.8. The highest BCUT2D eigenvalue weighted by Gasteiger charge is 2.43. The SMILES string of the molecule is COc1cc(N2C(=S)NC(c3ccccn3)C2c2ccc(-c3ccc(Cl)c(Cl)c3)o2)ccc1NC(=O)C(C)(C)C. The number of furan rings is 1. The number of benzene rings is 2. The summed E-state index contributed by atoms with van der Waals surface area (Å²) in [6.07, 6.45) is 1.75.